The standard InChI is InChI=1S/C14H16ClN3O2S/c1-2-17-13-7-8-16-10-14(13)21(19,20)18-9-11-5-3-4-6-12(11)15/h3-8,10,18H,2,9H2,1H3,(H,16,17). The first kappa shape index (κ1) is 15.8. The van der Waals surface area contributed by atoms with Crippen LogP contribution >= 0.6 is 11.6 Å². The van der Waals surface area contributed by atoms with Crippen LogP contribution in [0.5, 0.6) is 0 Å². The Morgan fingerprint density at radius 1 is 1.24 bits per heavy atom. The van der Waals surface area contributed by atoms with Crippen LogP contribution in [-0.2, 0) is 16.6 Å². The zero-order chi connectivity index (χ0) is 15.3. The van der Waals surface area contributed by atoms with Crippen LogP contribution in [-0.4, -0.2) is 19.9 Å². The van der Waals surface area contributed by atoms with Crippen molar-refractivity contribution in [3.8, 4) is 0 Å². The lowest BCUT2D eigenvalue weighted by Crippen LogP contribution is -2.24. The van der Waals surface area contributed by atoms with Crippen molar-refractivity contribution in [3.63, 3.8) is 0 Å². The first-order chi connectivity index (χ1) is 10.0. The topological polar surface area (TPSA) is 71.1 Å². The largest absolute Gasteiger partial charge is 0.384 e. The highest BCUT2D eigenvalue weighted by atomic mass is 35.5. The van der Waals surface area contributed by atoms with Crippen molar-refractivity contribution < 1.29 is 8.42 Å². The lowest BCUT2D eigenvalue weighted by Gasteiger charge is -2.12. The van der Waals surface area contributed by atoms with Gasteiger partial charge in [-0.05, 0) is 24.6 Å². The highest BCUT2D eigenvalue weighted by Gasteiger charge is 2.18. The number of pyridine rings is 1. The van der Waals surface area contributed by atoms with E-state index in [-0.39, 0.29) is 11.4 Å². The molecule has 0 bridgehead atoms. The fourth-order valence-corrected chi connectivity index (χ4v) is 3.16. The molecule has 112 valence electrons. The van der Waals surface area contributed by atoms with Gasteiger partial charge in [0.15, 0.2) is 0 Å². The van der Waals surface area contributed by atoms with E-state index in [1.807, 2.05) is 13.0 Å². The number of anilines is 1. The summed E-state index contributed by atoms with van der Waals surface area (Å²) in [6.07, 6.45) is 2.87. The van der Waals surface area contributed by atoms with Gasteiger partial charge in [0.2, 0.25) is 10.0 Å². The minimum absolute atomic E-state index is 0.124. The zero-order valence-electron chi connectivity index (χ0n) is 11.5. The minimum Gasteiger partial charge on any atom is -0.384 e. The molecular formula is C14H16ClN3O2S. The summed E-state index contributed by atoms with van der Waals surface area (Å²) in [6.45, 7) is 2.65. The first-order valence-corrected chi connectivity index (χ1v) is 8.31. The molecule has 0 spiro atoms. The van der Waals surface area contributed by atoms with E-state index in [1.54, 1.807) is 30.5 Å². The predicted molar refractivity (Wildman–Crippen MR) is 83.9 cm³/mol. The monoisotopic (exact) mass is 325 g/mol. The summed E-state index contributed by atoms with van der Waals surface area (Å²) in [5.41, 5.74) is 1.25. The van der Waals surface area contributed by atoms with Crippen molar-refractivity contribution in [2.75, 3.05) is 11.9 Å². The third-order valence-corrected chi connectivity index (χ3v) is 4.65. The van der Waals surface area contributed by atoms with Crippen LogP contribution in [0.25, 0.3) is 0 Å². The smallest absolute Gasteiger partial charge is 0.244 e. The fourth-order valence-electron chi connectivity index (χ4n) is 1.82. The van der Waals surface area contributed by atoms with Gasteiger partial charge >= 0.3 is 0 Å². The summed E-state index contributed by atoms with van der Waals surface area (Å²) in [5, 5.41) is 3.53. The molecule has 0 radical (unpaired) electrons. The Hall–Kier alpha value is -1.63. The van der Waals surface area contributed by atoms with E-state index in [4.69, 9.17) is 11.6 Å². The number of nitrogens with one attached hydrogen (secondary N) is 2. The summed E-state index contributed by atoms with van der Waals surface area (Å²) in [7, 11) is -3.66. The second-order valence-electron chi connectivity index (χ2n) is 4.32. The number of halogens is 1. The summed E-state index contributed by atoms with van der Waals surface area (Å²) in [6, 6.07) is 8.74. The normalized spacial score (nSPS) is 11.3. The molecule has 7 heteroatoms. The van der Waals surface area contributed by atoms with Crippen LogP contribution in [0.2, 0.25) is 5.02 Å². The molecule has 2 N–H and O–H groups in total. The quantitative estimate of drug-likeness (QED) is 0.856. The van der Waals surface area contributed by atoms with E-state index in [2.05, 4.69) is 15.0 Å². The molecule has 0 atom stereocenters. The highest BCUT2D eigenvalue weighted by Crippen LogP contribution is 2.20. The summed E-state index contributed by atoms with van der Waals surface area (Å²) in [4.78, 5) is 4.01. The maximum absolute atomic E-state index is 12.4. The van der Waals surface area contributed by atoms with Gasteiger partial charge in [-0.15, -0.1) is 0 Å². The van der Waals surface area contributed by atoms with E-state index in [1.165, 1.54) is 6.20 Å². The Morgan fingerprint density at radius 3 is 2.71 bits per heavy atom. The van der Waals surface area contributed by atoms with Gasteiger partial charge in [-0.3, -0.25) is 4.98 Å². The summed E-state index contributed by atoms with van der Waals surface area (Å²) in [5.74, 6) is 0. The Balaban J connectivity index is 2.21. The SMILES string of the molecule is CCNc1ccncc1S(=O)(=O)NCc1ccccc1Cl. The van der Waals surface area contributed by atoms with Gasteiger partial charge < -0.3 is 5.32 Å². The number of hydrogen-bond donors (Lipinski definition) is 2. The molecule has 0 saturated heterocycles. The average molecular weight is 326 g/mol. The number of aromatic nitrogens is 1. The Labute approximate surface area is 129 Å². The van der Waals surface area contributed by atoms with Crippen molar-refractivity contribution in [2.24, 2.45) is 0 Å². The molecule has 1 heterocycles. The molecule has 0 amide bonds. The Bertz CT molecular complexity index is 720. The molecular weight excluding hydrogens is 310 g/mol. The molecule has 2 rings (SSSR count). The van der Waals surface area contributed by atoms with E-state index >= 15 is 0 Å². The molecule has 1 aromatic carbocycles. The van der Waals surface area contributed by atoms with Crippen molar-refractivity contribution in [3.05, 3.63) is 53.3 Å². The number of nitrogens with zero attached hydrogens (tertiary/aromatic N) is 1. The molecule has 1 aromatic heterocycles. The number of benzene rings is 1. The highest BCUT2D eigenvalue weighted by molar-refractivity contribution is 7.89. The van der Waals surface area contributed by atoms with E-state index in [9.17, 15) is 8.42 Å². The first-order valence-electron chi connectivity index (χ1n) is 6.45. The third kappa shape index (κ3) is 3.93. The second-order valence-corrected chi connectivity index (χ2v) is 6.46. The molecule has 5 nitrogen and oxygen atoms in total. The predicted octanol–water partition coefficient (Wildman–Crippen LogP) is 2.65. The van der Waals surface area contributed by atoms with Crippen LogP contribution < -0.4 is 10.0 Å². The van der Waals surface area contributed by atoms with E-state index in [0.29, 0.717) is 17.3 Å². The molecule has 0 aliphatic rings. The molecule has 0 saturated carbocycles. The van der Waals surface area contributed by atoms with Gasteiger partial charge in [-0.1, -0.05) is 29.8 Å². The number of rotatable bonds is 6. The molecule has 21 heavy (non-hydrogen) atoms. The van der Waals surface area contributed by atoms with Crippen LogP contribution in [0.4, 0.5) is 5.69 Å². The van der Waals surface area contributed by atoms with Crippen molar-refractivity contribution in [1.29, 1.82) is 0 Å². The minimum atomic E-state index is -3.66. The number of hydrogen-bond acceptors (Lipinski definition) is 4. The molecule has 0 fully saturated rings. The maximum Gasteiger partial charge on any atom is 0.244 e. The van der Waals surface area contributed by atoms with Gasteiger partial charge in [0.05, 0.1) is 5.69 Å². The third-order valence-electron chi connectivity index (χ3n) is 2.85. The number of sulfonamides is 1. The Kier molecular flexibility index (Phi) is 5.17. The maximum atomic E-state index is 12.4. The van der Waals surface area contributed by atoms with Gasteiger partial charge in [-0.2, -0.15) is 0 Å². The second kappa shape index (κ2) is 6.89. The zero-order valence-corrected chi connectivity index (χ0v) is 13.1. The summed E-state index contributed by atoms with van der Waals surface area (Å²) >= 11 is 6.02. The average Bonchev–Trinajstić information content (AvgIpc) is 2.47. The molecule has 0 aliphatic carbocycles. The van der Waals surface area contributed by atoms with Gasteiger partial charge in [0.1, 0.15) is 4.90 Å². The van der Waals surface area contributed by atoms with E-state index < -0.39 is 10.0 Å². The molecule has 0 aliphatic heterocycles. The lowest BCUT2D eigenvalue weighted by atomic mass is 10.2. The van der Waals surface area contributed by atoms with Crippen LogP contribution in [0.3, 0.4) is 0 Å². The van der Waals surface area contributed by atoms with Crippen molar-refractivity contribution in [2.45, 2.75) is 18.4 Å². The summed E-state index contributed by atoms with van der Waals surface area (Å²) < 4.78 is 27.3. The van der Waals surface area contributed by atoms with Gasteiger partial charge in [-0.25, -0.2) is 13.1 Å². The Morgan fingerprint density at radius 2 is 2.00 bits per heavy atom. The van der Waals surface area contributed by atoms with Crippen molar-refractivity contribution in [1.82, 2.24) is 9.71 Å². The van der Waals surface area contributed by atoms with Crippen LogP contribution in [0, 0.1) is 0 Å². The van der Waals surface area contributed by atoms with Crippen LogP contribution in [0.1, 0.15) is 12.5 Å². The molecule has 2 aromatic rings. The van der Waals surface area contributed by atoms with E-state index in [0.717, 1.165) is 5.56 Å². The fraction of sp³-hybridized carbons (Fsp3) is 0.214. The molecule has 0 unspecified atom stereocenters. The van der Waals surface area contributed by atoms with Crippen molar-refractivity contribution >= 4 is 27.3 Å². The lowest BCUT2D eigenvalue weighted by molar-refractivity contribution is 0.581. The van der Waals surface area contributed by atoms with Gasteiger partial charge in [0, 0.05) is 30.5 Å². The van der Waals surface area contributed by atoms with Crippen LogP contribution in [0.15, 0.2) is 47.6 Å². The van der Waals surface area contributed by atoms with Gasteiger partial charge in [0.25, 0.3) is 0 Å².